The van der Waals surface area contributed by atoms with Gasteiger partial charge >= 0.3 is 5.69 Å². The lowest BCUT2D eigenvalue weighted by molar-refractivity contribution is 0.626. The van der Waals surface area contributed by atoms with Gasteiger partial charge in [0.2, 0.25) is 0 Å². The van der Waals surface area contributed by atoms with Crippen molar-refractivity contribution in [3.8, 4) is 5.69 Å². The van der Waals surface area contributed by atoms with Gasteiger partial charge in [-0.2, -0.15) is 0 Å². The SMILES string of the molecule is O=c1cc(Cl)[nH]c(=O)n1-c1ccc(Cl)c(F)c1. The highest BCUT2D eigenvalue weighted by Gasteiger charge is 2.08. The molecule has 0 atom stereocenters. The first kappa shape index (κ1) is 11.9. The van der Waals surface area contributed by atoms with Crippen LogP contribution in [0.25, 0.3) is 5.69 Å². The van der Waals surface area contributed by atoms with E-state index >= 15 is 0 Å². The van der Waals surface area contributed by atoms with Crippen LogP contribution in [-0.2, 0) is 0 Å². The van der Waals surface area contributed by atoms with E-state index in [4.69, 9.17) is 23.2 Å². The third-order valence-electron chi connectivity index (χ3n) is 2.06. The van der Waals surface area contributed by atoms with E-state index in [9.17, 15) is 14.0 Å². The number of aromatic nitrogens is 2. The first-order valence-electron chi connectivity index (χ1n) is 4.46. The van der Waals surface area contributed by atoms with Crippen LogP contribution in [0.15, 0.2) is 33.9 Å². The molecular weight excluding hydrogens is 270 g/mol. The average Bonchev–Trinajstić information content (AvgIpc) is 2.21. The summed E-state index contributed by atoms with van der Waals surface area (Å²) in [4.78, 5) is 25.3. The highest BCUT2D eigenvalue weighted by molar-refractivity contribution is 6.30. The van der Waals surface area contributed by atoms with Gasteiger partial charge in [0.25, 0.3) is 5.56 Å². The monoisotopic (exact) mass is 274 g/mol. The minimum absolute atomic E-state index is 0.0781. The van der Waals surface area contributed by atoms with E-state index in [1.54, 1.807) is 0 Å². The lowest BCUT2D eigenvalue weighted by Crippen LogP contribution is -2.32. The largest absolute Gasteiger partial charge is 0.334 e. The Morgan fingerprint density at radius 3 is 2.47 bits per heavy atom. The fourth-order valence-corrected chi connectivity index (χ4v) is 1.63. The number of nitrogens with one attached hydrogen (secondary N) is 1. The third kappa shape index (κ3) is 2.25. The summed E-state index contributed by atoms with van der Waals surface area (Å²) in [5.74, 6) is -0.717. The van der Waals surface area contributed by atoms with Crippen LogP contribution in [0, 0.1) is 5.82 Å². The van der Waals surface area contributed by atoms with E-state index in [1.807, 2.05) is 0 Å². The second-order valence-corrected chi connectivity index (χ2v) is 4.01. The van der Waals surface area contributed by atoms with Crippen molar-refractivity contribution in [3.63, 3.8) is 0 Å². The number of aromatic amines is 1. The van der Waals surface area contributed by atoms with Crippen molar-refractivity contribution in [2.24, 2.45) is 0 Å². The molecule has 2 rings (SSSR count). The zero-order valence-corrected chi connectivity index (χ0v) is 9.72. The predicted octanol–water partition coefficient (Wildman–Crippen LogP) is 1.97. The fraction of sp³-hybridized carbons (Fsp3) is 0. The van der Waals surface area contributed by atoms with Crippen LogP contribution in [-0.4, -0.2) is 9.55 Å². The first-order valence-corrected chi connectivity index (χ1v) is 5.22. The number of hydrogen-bond acceptors (Lipinski definition) is 2. The Kier molecular flexibility index (Phi) is 3.04. The van der Waals surface area contributed by atoms with E-state index in [0.717, 1.165) is 16.7 Å². The van der Waals surface area contributed by atoms with E-state index in [0.29, 0.717) is 0 Å². The molecule has 0 aliphatic carbocycles. The van der Waals surface area contributed by atoms with Crippen molar-refractivity contribution in [1.29, 1.82) is 0 Å². The molecule has 17 heavy (non-hydrogen) atoms. The maximum atomic E-state index is 13.2. The lowest BCUT2D eigenvalue weighted by atomic mass is 10.3. The normalized spacial score (nSPS) is 10.5. The molecule has 0 saturated carbocycles. The van der Waals surface area contributed by atoms with E-state index in [1.165, 1.54) is 12.1 Å². The van der Waals surface area contributed by atoms with Gasteiger partial charge in [0.15, 0.2) is 0 Å². The van der Waals surface area contributed by atoms with E-state index in [2.05, 4.69) is 4.98 Å². The highest BCUT2D eigenvalue weighted by Crippen LogP contribution is 2.16. The first-order chi connectivity index (χ1) is 7.99. The number of benzene rings is 1. The molecule has 0 amide bonds. The smallest absolute Gasteiger partial charge is 0.297 e. The zero-order valence-electron chi connectivity index (χ0n) is 8.21. The highest BCUT2D eigenvalue weighted by atomic mass is 35.5. The summed E-state index contributed by atoms with van der Waals surface area (Å²) in [6.45, 7) is 0. The molecule has 0 aliphatic rings. The average molecular weight is 275 g/mol. The molecule has 0 aliphatic heterocycles. The van der Waals surface area contributed by atoms with Crippen molar-refractivity contribution >= 4 is 23.2 Å². The van der Waals surface area contributed by atoms with Gasteiger partial charge in [0.1, 0.15) is 11.0 Å². The van der Waals surface area contributed by atoms with Crippen molar-refractivity contribution in [3.05, 3.63) is 61.1 Å². The molecule has 1 aromatic heterocycles. The second kappa shape index (κ2) is 4.35. The molecule has 0 saturated heterocycles. The van der Waals surface area contributed by atoms with Gasteiger partial charge in [-0.1, -0.05) is 23.2 Å². The minimum atomic E-state index is -0.746. The van der Waals surface area contributed by atoms with Gasteiger partial charge in [-0.15, -0.1) is 0 Å². The molecule has 2 aromatic rings. The Labute approximate surface area is 104 Å². The number of H-pyrrole nitrogens is 1. The summed E-state index contributed by atoms with van der Waals surface area (Å²) in [6.07, 6.45) is 0. The van der Waals surface area contributed by atoms with E-state index in [-0.39, 0.29) is 15.9 Å². The number of halogens is 3. The Balaban J connectivity index is 2.73. The maximum Gasteiger partial charge on any atom is 0.334 e. The third-order valence-corrected chi connectivity index (χ3v) is 2.57. The lowest BCUT2D eigenvalue weighted by Gasteiger charge is -2.04. The molecule has 0 radical (unpaired) electrons. The Morgan fingerprint density at radius 2 is 1.88 bits per heavy atom. The molecule has 1 aromatic carbocycles. The summed E-state index contributed by atoms with van der Waals surface area (Å²) in [7, 11) is 0. The summed E-state index contributed by atoms with van der Waals surface area (Å²) in [6, 6.07) is 4.63. The van der Waals surface area contributed by atoms with Crippen LogP contribution in [0.3, 0.4) is 0 Å². The van der Waals surface area contributed by atoms with Gasteiger partial charge in [-0.25, -0.2) is 13.8 Å². The van der Waals surface area contributed by atoms with Crippen LogP contribution in [0.5, 0.6) is 0 Å². The van der Waals surface area contributed by atoms with Crippen LogP contribution in [0.4, 0.5) is 4.39 Å². The second-order valence-electron chi connectivity index (χ2n) is 3.19. The molecule has 1 N–H and O–H groups in total. The van der Waals surface area contributed by atoms with E-state index < -0.39 is 17.1 Å². The molecule has 4 nitrogen and oxygen atoms in total. The standard InChI is InChI=1S/C10H5Cl2FN2O2/c11-6-2-1-5(3-7(6)13)15-9(16)4-8(12)14-10(15)17/h1-4H,(H,14,17). The molecule has 0 fully saturated rings. The van der Waals surface area contributed by atoms with Crippen LogP contribution in [0.1, 0.15) is 0 Å². The molecule has 7 heteroatoms. The van der Waals surface area contributed by atoms with Crippen molar-refractivity contribution in [2.75, 3.05) is 0 Å². The van der Waals surface area contributed by atoms with Crippen molar-refractivity contribution in [2.45, 2.75) is 0 Å². The quantitative estimate of drug-likeness (QED) is 0.809. The van der Waals surface area contributed by atoms with Crippen molar-refractivity contribution < 1.29 is 4.39 Å². The van der Waals surface area contributed by atoms with Gasteiger partial charge in [-0.05, 0) is 18.2 Å². The molecule has 1 heterocycles. The van der Waals surface area contributed by atoms with Crippen LogP contribution < -0.4 is 11.2 Å². The van der Waals surface area contributed by atoms with Crippen LogP contribution >= 0.6 is 23.2 Å². The molecular formula is C10H5Cl2FN2O2. The summed E-state index contributed by atoms with van der Waals surface area (Å²) < 4.78 is 14.0. The zero-order chi connectivity index (χ0) is 12.6. The predicted molar refractivity (Wildman–Crippen MR) is 62.6 cm³/mol. The molecule has 0 unspecified atom stereocenters. The van der Waals surface area contributed by atoms with Gasteiger partial charge in [0.05, 0.1) is 10.7 Å². The fourth-order valence-electron chi connectivity index (χ4n) is 1.34. The molecule has 0 bridgehead atoms. The van der Waals surface area contributed by atoms with Crippen LogP contribution in [0.2, 0.25) is 10.2 Å². The topological polar surface area (TPSA) is 54.9 Å². The number of rotatable bonds is 1. The molecule has 0 spiro atoms. The summed E-state index contributed by atoms with van der Waals surface area (Å²) >= 11 is 11.0. The molecule has 88 valence electrons. The number of hydrogen-bond donors (Lipinski definition) is 1. The Morgan fingerprint density at radius 1 is 1.18 bits per heavy atom. The summed E-state index contributed by atoms with van der Waals surface area (Å²) in [5, 5.41) is -0.169. The maximum absolute atomic E-state index is 13.2. The van der Waals surface area contributed by atoms with Gasteiger partial charge in [0, 0.05) is 6.07 Å². The summed E-state index contributed by atoms with van der Waals surface area (Å²) in [5.41, 5.74) is -1.32. The van der Waals surface area contributed by atoms with Crippen molar-refractivity contribution in [1.82, 2.24) is 9.55 Å². The van der Waals surface area contributed by atoms with Gasteiger partial charge < -0.3 is 0 Å². The Bertz CT molecular complexity index is 662. The van der Waals surface area contributed by atoms with Gasteiger partial charge in [-0.3, -0.25) is 9.78 Å². The number of nitrogens with zero attached hydrogens (tertiary/aromatic N) is 1. The minimum Gasteiger partial charge on any atom is -0.297 e. The Hall–Kier alpha value is -1.59.